The summed E-state index contributed by atoms with van der Waals surface area (Å²) in [6.45, 7) is 4.67. The summed E-state index contributed by atoms with van der Waals surface area (Å²) in [5.41, 5.74) is 13.8. The molecule has 1 aliphatic heterocycles. The molecule has 0 amide bonds. The van der Waals surface area contributed by atoms with Crippen LogP contribution in [0.4, 0.5) is 22.7 Å². The first-order valence-electron chi connectivity index (χ1n) is 18.5. The molecule has 3 heterocycles. The third-order valence-corrected chi connectivity index (χ3v) is 11.3. The van der Waals surface area contributed by atoms with E-state index in [0.29, 0.717) is 0 Å². The van der Waals surface area contributed by atoms with Crippen LogP contribution in [0.25, 0.3) is 44.0 Å². The number of amidine groups is 1. The van der Waals surface area contributed by atoms with Crippen molar-refractivity contribution in [2.45, 2.75) is 25.3 Å². The third kappa shape index (κ3) is 4.48. The van der Waals surface area contributed by atoms with Crippen molar-refractivity contribution in [3.8, 4) is 11.1 Å². The smallest absolute Gasteiger partial charge is 0.157 e. The van der Waals surface area contributed by atoms with Crippen LogP contribution in [0, 0.1) is 0 Å². The zero-order chi connectivity index (χ0) is 36.0. The molecule has 258 valence electrons. The molecule has 0 spiro atoms. The summed E-state index contributed by atoms with van der Waals surface area (Å²) in [4.78, 5) is 7.66. The summed E-state index contributed by atoms with van der Waals surface area (Å²) in [6.07, 6.45) is 0. The zero-order valence-corrected chi connectivity index (χ0v) is 29.9. The van der Waals surface area contributed by atoms with Gasteiger partial charge in [-0.1, -0.05) is 117 Å². The molecule has 0 fully saturated rings. The Balaban J connectivity index is 1.13. The highest BCUT2D eigenvalue weighted by molar-refractivity contribution is 6.16. The number of furan rings is 2. The fourth-order valence-electron chi connectivity index (χ4n) is 8.78. The minimum atomic E-state index is -0.200. The Labute approximate surface area is 312 Å². The number of anilines is 3. The predicted molar refractivity (Wildman–Crippen MR) is 220 cm³/mol. The number of para-hydroxylation sites is 2. The van der Waals surface area contributed by atoms with E-state index in [1.807, 2.05) is 24.3 Å². The van der Waals surface area contributed by atoms with E-state index < -0.39 is 0 Å². The van der Waals surface area contributed by atoms with Gasteiger partial charge in [0, 0.05) is 33.0 Å². The van der Waals surface area contributed by atoms with Crippen LogP contribution < -0.4 is 10.2 Å². The third-order valence-electron chi connectivity index (χ3n) is 11.3. The van der Waals surface area contributed by atoms with E-state index >= 15 is 0 Å². The van der Waals surface area contributed by atoms with E-state index in [1.54, 1.807) is 0 Å². The van der Waals surface area contributed by atoms with Gasteiger partial charge in [0.2, 0.25) is 0 Å². The maximum atomic E-state index is 6.63. The summed E-state index contributed by atoms with van der Waals surface area (Å²) in [5.74, 6) is 1.61. The Kier molecular flexibility index (Phi) is 6.59. The van der Waals surface area contributed by atoms with Crippen molar-refractivity contribution in [3.63, 3.8) is 0 Å². The zero-order valence-electron chi connectivity index (χ0n) is 29.9. The molecule has 1 aliphatic carbocycles. The van der Waals surface area contributed by atoms with E-state index in [2.05, 4.69) is 164 Å². The summed E-state index contributed by atoms with van der Waals surface area (Å²) in [6, 6.07) is 57.4. The standard InChI is InChI=1S/C49H35N3O2/c1-49(2)36-21-11-9-19-33(36)43-37(49)22-13-23-38(43)52(32-17-7-4-8-18-32)39-24-14-26-42-44(39)35-29-31(27-28-41(35)53-42)48-50-45(30-15-5-3-6-16-30)47-46(51-48)34-20-10-12-25-40(34)54-47/h3-29,45H,1-2H3,(H,50,51). The number of nitrogens with zero attached hydrogens (tertiary/aromatic N) is 2. The molecule has 54 heavy (non-hydrogen) atoms. The monoisotopic (exact) mass is 697 g/mol. The fourth-order valence-corrected chi connectivity index (χ4v) is 8.78. The van der Waals surface area contributed by atoms with Crippen LogP contribution in [0.3, 0.4) is 0 Å². The molecule has 1 atom stereocenters. The van der Waals surface area contributed by atoms with Gasteiger partial charge in [-0.2, -0.15) is 0 Å². The Morgan fingerprint density at radius 3 is 2.15 bits per heavy atom. The van der Waals surface area contributed by atoms with Crippen molar-refractivity contribution >= 4 is 61.5 Å². The summed E-state index contributed by atoms with van der Waals surface area (Å²) >= 11 is 0. The first-order valence-corrected chi connectivity index (χ1v) is 18.5. The average Bonchev–Trinajstić information content (AvgIpc) is 3.86. The van der Waals surface area contributed by atoms with Gasteiger partial charge in [0.25, 0.3) is 0 Å². The van der Waals surface area contributed by atoms with Crippen molar-refractivity contribution in [3.05, 3.63) is 192 Å². The Bertz CT molecular complexity index is 2950. The minimum absolute atomic E-state index is 0.126. The van der Waals surface area contributed by atoms with Crippen molar-refractivity contribution in [2.75, 3.05) is 4.90 Å². The van der Waals surface area contributed by atoms with E-state index in [1.165, 1.54) is 22.3 Å². The number of benzene rings is 7. The number of rotatable bonds is 5. The average molecular weight is 698 g/mol. The predicted octanol–water partition coefficient (Wildman–Crippen LogP) is 12.9. The lowest BCUT2D eigenvalue weighted by molar-refractivity contribution is 0.504. The molecule has 5 heteroatoms. The molecule has 0 radical (unpaired) electrons. The van der Waals surface area contributed by atoms with Crippen molar-refractivity contribution in [1.29, 1.82) is 0 Å². The highest BCUT2D eigenvalue weighted by Crippen LogP contribution is 2.55. The molecule has 5 nitrogen and oxygen atoms in total. The molecular formula is C49H35N3O2. The SMILES string of the molecule is CC1(C)c2ccccc2-c2c(N(c3ccccc3)c3cccc4oc5ccc(C6=Nc7c(oc8ccccc78)C(c7ccccc7)N6)cc5c34)cccc21. The highest BCUT2D eigenvalue weighted by atomic mass is 16.3. The Morgan fingerprint density at radius 2 is 1.28 bits per heavy atom. The lowest BCUT2D eigenvalue weighted by atomic mass is 9.82. The van der Waals surface area contributed by atoms with Crippen LogP contribution in [-0.4, -0.2) is 5.84 Å². The summed E-state index contributed by atoms with van der Waals surface area (Å²) in [7, 11) is 0. The highest BCUT2D eigenvalue weighted by Gasteiger charge is 2.38. The van der Waals surface area contributed by atoms with Crippen molar-refractivity contribution in [1.82, 2.24) is 5.32 Å². The normalized spacial score (nSPS) is 15.4. The van der Waals surface area contributed by atoms with Gasteiger partial charge >= 0.3 is 0 Å². The lowest BCUT2D eigenvalue weighted by Crippen LogP contribution is -2.32. The van der Waals surface area contributed by atoms with Crippen molar-refractivity contribution in [2.24, 2.45) is 4.99 Å². The molecule has 1 unspecified atom stereocenters. The van der Waals surface area contributed by atoms with Gasteiger partial charge < -0.3 is 19.1 Å². The number of hydrogen-bond acceptors (Lipinski definition) is 5. The second-order valence-electron chi connectivity index (χ2n) is 14.8. The van der Waals surface area contributed by atoms with Gasteiger partial charge in [0.15, 0.2) is 5.76 Å². The van der Waals surface area contributed by atoms with E-state index in [-0.39, 0.29) is 11.5 Å². The van der Waals surface area contributed by atoms with Gasteiger partial charge in [-0.25, -0.2) is 4.99 Å². The van der Waals surface area contributed by atoms with Gasteiger partial charge in [-0.15, -0.1) is 0 Å². The number of aliphatic imine (C=N–C) groups is 1. The molecule has 9 aromatic rings. The molecule has 2 aromatic heterocycles. The lowest BCUT2D eigenvalue weighted by Gasteiger charge is -2.29. The molecule has 0 bridgehead atoms. The Hall–Kier alpha value is -6.85. The minimum Gasteiger partial charge on any atom is -0.456 e. The number of nitrogens with one attached hydrogen (secondary N) is 1. The van der Waals surface area contributed by atoms with Gasteiger partial charge in [-0.3, -0.25) is 0 Å². The van der Waals surface area contributed by atoms with E-state index in [0.717, 1.165) is 78.4 Å². The van der Waals surface area contributed by atoms with Crippen LogP contribution in [0.1, 0.15) is 47.9 Å². The summed E-state index contributed by atoms with van der Waals surface area (Å²) < 4.78 is 13.1. The van der Waals surface area contributed by atoms with Crippen LogP contribution in [-0.2, 0) is 5.41 Å². The first-order chi connectivity index (χ1) is 26.5. The molecule has 11 rings (SSSR count). The molecule has 0 saturated carbocycles. The molecule has 2 aliphatic rings. The van der Waals surface area contributed by atoms with E-state index in [4.69, 9.17) is 13.8 Å². The number of fused-ring (bicyclic) bond motifs is 9. The summed E-state index contributed by atoms with van der Waals surface area (Å²) in [5, 5.41) is 6.83. The fraction of sp³-hybridized carbons (Fsp3) is 0.0816. The van der Waals surface area contributed by atoms with Gasteiger partial charge in [-0.05, 0) is 82.9 Å². The van der Waals surface area contributed by atoms with E-state index in [9.17, 15) is 0 Å². The van der Waals surface area contributed by atoms with Crippen LogP contribution >= 0.6 is 0 Å². The van der Waals surface area contributed by atoms with Gasteiger partial charge in [0.1, 0.15) is 34.3 Å². The number of hydrogen-bond donors (Lipinski definition) is 1. The maximum absolute atomic E-state index is 6.63. The van der Waals surface area contributed by atoms with Crippen LogP contribution in [0.5, 0.6) is 0 Å². The Morgan fingerprint density at radius 1 is 0.593 bits per heavy atom. The molecule has 0 saturated heterocycles. The molecule has 1 N–H and O–H groups in total. The molecular weight excluding hydrogens is 663 g/mol. The largest absolute Gasteiger partial charge is 0.456 e. The first kappa shape index (κ1) is 30.7. The maximum Gasteiger partial charge on any atom is 0.157 e. The molecule has 7 aromatic carbocycles. The van der Waals surface area contributed by atoms with Gasteiger partial charge in [0.05, 0.1) is 16.8 Å². The van der Waals surface area contributed by atoms with Crippen molar-refractivity contribution < 1.29 is 8.83 Å². The second-order valence-corrected chi connectivity index (χ2v) is 14.8. The second kappa shape index (κ2) is 11.6. The van der Waals surface area contributed by atoms with Crippen LogP contribution in [0.15, 0.2) is 178 Å². The quantitative estimate of drug-likeness (QED) is 0.194. The topological polar surface area (TPSA) is 53.9 Å². The van der Waals surface area contributed by atoms with Crippen LogP contribution in [0.2, 0.25) is 0 Å².